The van der Waals surface area contributed by atoms with Crippen molar-refractivity contribution in [1.82, 2.24) is 10.2 Å². The van der Waals surface area contributed by atoms with Crippen LogP contribution in [0.1, 0.15) is 0 Å². The second kappa shape index (κ2) is 3.40. The van der Waals surface area contributed by atoms with E-state index in [2.05, 4.69) is 10.2 Å². The first-order valence-corrected chi connectivity index (χ1v) is 4.45. The average Bonchev–Trinajstić information content (AvgIpc) is 2.62. The monoisotopic (exact) mass is 194 g/mol. The van der Waals surface area contributed by atoms with Crippen LogP contribution in [0.2, 0.25) is 0 Å². The molecule has 0 saturated heterocycles. The van der Waals surface area contributed by atoms with E-state index in [9.17, 15) is 0 Å². The molecule has 0 aliphatic carbocycles. The van der Waals surface area contributed by atoms with Crippen molar-refractivity contribution in [3.8, 4) is 16.7 Å². The molecule has 0 atom stereocenters. The van der Waals surface area contributed by atoms with Gasteiger partial charge in [0.25, 0.3) is 5.19 Å². The summed E-state index contributed by atoms with van der Waals surface area (Å²) in [6.07, 6.45) is 0. The fourth-order valence-corrected chi connectivity index (χ4v) is 1.25. The number of hydrogen-bond acceptors (Lipinski definition) is 5. The highest BCUT2D eigenvalue weighted by Crippen LogP contribution is 2.23. The van der Waals surface area contributed by atoms with E-state index in [1.807, 2.05) is 0 Å². The van der Waals surface area contributed by atoms with Crippen LogP contribution in [0.4, 0.5) is 0 Å². The van der Waals surface area contributed by atoms with Gasteiger partial charge in [-0.1, -0.05) is 16.4 Å². The molecule has 1 N–H and O–H groups in total. The van der Waals surface area contributed by atoms with Crippen molar-refractivity contribution < 1.29 is 9.84 Å². The number of ether oxygens (including phenoxy) is 1. The van der Waals surface area contributed by atoms with Crippen molar-refractivity contribution in [3.63, 3.8) is 0 Å². The first-order valence-electron chi connectivity index (χ1n) is 3.57. The SMILES string of the molecule is Oc1ccc(Oc2nncs2)cc1. The predicted octanol–water partition coefficient (Wildman–Crippen LogP) is 2.04. The maximum absolute atomic E-state index is 9.00. The van der Waals surface area contributed by atoms with E-state index in [4.69, 9.17) is 9.84 Å². The number of phenols is 1. The Kier molecular flexibility index (Phi) is 2.09. The fourth-order valence-electron chi connectivity index (χ4n) is 0.822. The van der Waals surface area contributed by atoms with Crippen molar-refractivity contribution in [1.29, 1.82) is 0 Å². The predicted molar refractivity (Wildman–Crippen MR) is 48.1 cm³/mol. The average molecular weight is 194 g/mol. The zero-order chi connectivity index (χ0) is 9.10. The van der Waals surface area contributed by atoms with E-state index in [-0.39, 0.29) is 5.75 Å². The van der Waals surface area contributed by atoms with Crippen LogP contribution in [0.5, 0.6) is 16.7 Å². The molecule has 1 aromatic heterocycles. The van der Waals surface area contributed by atoms with Gasteiger partial charge in [0.15, 0.2) is 0 Å². The Morgan fingerprint density at radius 1 is 1.23 bits per heavy atom. The Morgan fingerprint density at radius 3 is 2.62 bits per heavy atom. The third-order valence-electron chi connectivity index (χ3n) is 1.38. The Balaban J connectivity index is 2.15. The summed E-state index contributed by atoms with van der Waals surface area (Å²) in [6, 6.07) is 6.43. The highest BCUT2D eigenvalue weighted by Gasteiger charge is 1.99. The van der Waals surface area contributed by atoms with E-state index in [0.717, 1.165) is 0 Å². The van der Waals surface area contributed by atoms with Crippen molar-refractivity contribution in [2.24, 2.45) is 0 Å². The van der Waals surface area contributed by atoms with Gasteiger partial charge in [-0.25, -0.2) is 0 Å². The minimum Gasteiger partial charge on any atom is -0.508 e. The van der Waals surface area contributed by atoms with E-state index >= 15 is 0 Å². The number of hydrogen-bond donors (Lipinski definition) is 1. The summed E-state index contributed by atoms with van der Waals surface area (Å²) in [6.45, 7) is 0. The Labute approximate surface area is 78.4 Å². The van der Waals surface area contributed by atoms with Gasteiger partial charge < -0.3 is 9.84 Å². The molecule has 0 aliphatic rings. The smallest absolute Gasteiger partial charge is 0.299 e. The van der Waals surface area contributed by atoms with Crippen LogP contribution in [0.3, 0.4) is 0 Å². The lowest BCUT2D eigenvalue weighted by Gasteiger charge is -1.99. The first kappa shape index (κ1) is 8.00. The molecule has 0 saturated carbocycles. The Hall–Kier alpha value is -1.62. The molecule has 0 bridgehead atoms. The lowest BCUT2D eigenvalue weighted by Crippen LogP contribution is -1.82. The zero-order valence-corrected chi connectivity index (χ0v) is 7.36. The van der Waals surface area contributed by atoms with Crippen LogP contribution < -0.4 is 4.74 Å². The molecule has 13 heavy (non-hydrogen) atoms. The van der Waals surface area contributed by atoms with Crippen LogP contribution in [0.15, 0.2) is 29.8 Å². The number of aromatic nitrogens is 2. The largest absolute Gasteiger partial charge is 0.508 e. The molecule has 0 radical (unpaired) electrons. The van der Waals surface area contributed by atoms with Crippen LogP contribution >= 0.6 is 11.3 Å². The molecular weight excluding hydrogens is 188 g/mol. The minimum atomic E-state index is 0.213. The highest BCUT2D eigenvalue weighted by atomic mass is 32.1. The number of nitrogens with zero attached hydrogens (tertiary/aromatic N) is 2. The van der Waals surface area contributed by atoms with Crippen LogP contribution in [-0.4, -0.2) is 15.3 Å². The number of benzene rings is 1. The van der Waals surface area contributed by atoms with Crippen molar-refractivity contribution in [3.05, 3.63) is 29.8 Å². The van der Waals surface area contributed by atoms with Crippen molar-refractivity contribution in [2.75, 3.05) is 0 Å². The summed E-state index contributed by atoms with van der Waals surface area (Å²) in [5, 5.41) is 16.8. The molecule has 0 spiro atoms. The second-order valence-electron chi connectivity index (χ2n) is 2.30. The van der Waals surface area contributed by atoms with E-state index in [1.165, 1.54) is 11.3 Å². The number of phenolic OH excluding ortho intramolecular Hbond substituents is 1. The summed E-state index contributed by atoms with van der Waals surface area (Å²) in [5.41, 5.74) is 1.59. The maximum Gasteiger partial charge on any atom is 0.299 e. The van der Waals surface area contributed by atoms with Gasteiger partial charge in [-0.05, 0) is 24.3 Å². The molecular formula is C8H6N2O2S. The van der Waals surface area contributed by atoms with Gasteiger partial charge in [0.05, 0.1) is 0 Å². The van der Waals surface area contributed by atoms with Gasteiger partial charge >= 0.3 is 0 Å². The molecule has 66 valence electrons. The Bertz CT molecular complexity index is 372. The van der Waals surface area contributed by atoms with Crippen LogP contribution in [-0.2, 0) is 0 Å². The van der Waals surface area contributed by atoms with Crippen molar-refractivity contribution >= 4 is 11.3 Å². The Morgan fingerprint density at radius 2 is 2.00 bits per heavy atom. The number of aromatic hydroxyl groups is 1. The van der Waals surface area contributed by atoms with Gasteiger partial charge in [0.1, 0.15) is 17.0 Å². The molecule has 2 rings (SSSR count). The van der Waals surface area contributed by atoms with Gasteiger partial charge in [-0.2, -0.15) is 0 Å². The molecule has 2 aromatic rings. The van der Waals surface area contributed by atoms with E-state index < -0.39 is 0 Å². The highest BCUT2D eigenvalue weighted by molar-refractivity contribution is 7.11. The lowest BCUT2D eigenvalue weighted by molar-refractivity contribution is 0.460. The molecule has 0 amide bonds. The fraction of sp³-hybridized carbons (Fsp3) is 0. The molecule has 0 fully saturated rings. The van der Waals surface area contributed by atoms with Crippen molar-refractivity contribution in [2.45, 2.75) is 0 Å². The second-order valence-corrected chi connectivity index (χ2v) is 3.10. The molecule has 0 aliphatic heterocycles. The molecule has 1 heterocycles. The number of rotatable bonds is 2. The quantitative estimate of drug-likeness (QED) is 0.794. The molecule has 5 heteroatoms. The summed E-state index contributed by atoms with van der Waals surface area (Å²) in [7, 11) is 0. The van der Waals surface area contributed by atoms with Crippen LogP contribution in [0, 0.1) is 0 Å². The first-order chi connectivity index (χ1) is 6.34. The zero-order valence-electron chi connectivity index (χ0n) is 6.54. The normalized spacial score (nSPS) is 9.85. The van der Waals surface area contributed by atoms with E-state index in [1.54, 1.807) is 29.8 Å². The standard InChI is InChI=1S/C8H6N2O2S/c11-6-1-3-7(4-2-6)12-8-10-9-5-13-8/h1-5,11H. The van der Waals surface area contributed by atoms with Gasteiger partial charge in [0, 0.05) is 0 Å². The molecule has 4 nitrogen and oxygen atoms in total. The van der Waals surface area contributed by atoms with Gasteiger partial charge in [-0.3, -0.25) is 0 Å². The summed E-state index contributed by atoms with van der Waals surface area (Å²) >= 11 is 1.32. The summed E-state index contributed by atoms with van der Waals surface area (Å²) < 4.78 is 5.31. The summed E-state index contributed by atoms with van der Waals surface area (Å²) in [5.74, 6) is 0.846. The van der Waals surface area contributed by atoms with Gasteiger partial charge in [-0.15, -0.1) is 5.10 Å². The topological polar surface area (TPSA) is 55.2 Å². The van der Waals surface area contributed by atoms with Crippen LogP contribution in [0.25, 0.3) is 0 Å². The minimum absolute atomic E-state index is 0.213. The third kappa shape index (κ3) is 1.94. The third-order valence-corrected chi connectivity index (χ3v) is 1.95. The summed E-state index contributed by atoms with van der Waals surface area (Å²) in [4.78, 5) is 0. The van der Waals surface area contributed by atoms with Gasteiger partial charge in [0.2, 0.25) is 0 Å². The molecule has 1 aromatic carbocycles. The van der Waals surface area contributed by atoms with E-state index in [0.29, 0.717) is 10.9 Å². The molecule has 0 unspecified atom stereocenters. The lowest BCUT2D eigenvalue weighted by atomic mass is 10.3. The maximum atomic E-state index is 9.00.